The summed E-state index contributed by atoms with van der Waals surface area (Å²) in [7, 11) is -4.65. The molecule has 0 aromatic carbocycles. The summed E-state index contributed by atoms with van der Waals surface area (Å²) in [6, 6.07) is 0. The molecule has 1 aliphatic carbocycles. The lowest BCUT2D eigenvalue weighted by Crippen LogP contribution is -2.72. The Labute approximate surface area is 131 Å². The SMILES string of the molecule is CC1(C)C(Cl)C(O)(S(=O)(=O)O)C1CC(Br)(Br)Br. The number of hydrogen-bond donors (Lipinski definition) is 2. The van der Waals surface area contributed by atoms with Crippen molar-refractivity contribution >= 4 is 69.5 Å². The van der Waals surface area contributed by atoms with Crippen molar-refractivity contribution in [1.82, 2.24) is 0 Å². The van der Waals surface area contributed by atoms with Crippen molar-refractivity contribution < 1.29 is 18.1 Å². The highest BCUT2D eigenvalue weighted by atomic mass is 80.0. The summed E-state index contributed by atoms with van der Waals surface area (Å²) < 4.78 is 31.1. The van der Waals surface area contributed by atoms with Crippen LogP contribution in [0.25, 0.3) is 0 Å². The Morgan fingerprint density at radius 3 is 2.06 bits per heavy atom. The molecule has 1 fully saturated rings. The van der Waals surface area contributed by atoms with Crippen LogP contribution in [0, 0.1) is 11.3 Å². The van der Waals surface area contributed by atoms with Crippen LogP contribution < -0.4 is 0 Å². The van der Waals surface area contributed by atoms with Gasteiger partial charge in [-0.3, -0.25) is 4.55 Å². The van der Waals surface area contributed by atoms with Gasteiger partial charge in [-0.15, -0.1) is 11.6 Å². The van der Waals surface area contributed by atoms with Crippen LogP contribution in [-0.2, 0) is 10.1 Å². The van der Waals surface area contributed by atoms with Crippen LogP contribution in [0.15, 0.2) is 0 Å². The first-order valence-corrected chi connectivity index (χ1v) is 8.90. The van der Waals surface area contributed by atoms with Gasteiger partial charge in [0, 0.05) is 5.92 Å². The predicted molar refractivity (Wildman–Crippen MR) is 77.5 cm³/mol. The van der Waals surface area contributed by atoms with Gasteiger partial charge in [0.15, 0.2) is 0 Å². The maximum atomic E-state index is 11.3. The molecule has 4 nitrogen and oxygen atoms in total. The zero-order chi connectivity index (χ0) is 13.9. The van der Waals surface area contributed by atoms with E-state index < -0.39 is 33.9 Å². The maximum Gasteiger partial charge on any atom is 0.296 e. The van der Waals surface area contributed by atoms with Gasteiger partial charge < -0.3 is 5.11 Å². The first kappa shape index (κ1) is 16.7. The monoisotopic (exact) mass is 476 g/mol. The molecule has 1 aliphatic rings. The van der Waals surface area contributed by atoms with Gasteiger partial charge in [0.1, 0.15) is 2.14 Å². The first-order valence-electron chi connectivity index (χ1n) is 4.65. The van der Waals surface area contributed by atoms with Crippen LogP contribution in [0.2, 0.25) is 0 Å². The largest absolute Gasteiger partial charge is 0.371 e. The lowest BCUT2D eigenvalue weighted by atomic mass is 9.58. The molecule has 0 amide bonds. The summed E-state index contributed by atoms with van der Waals surface area (Å²) >= 11 is 15.7. The highest BCUT2D eigenvalue weighted by Crippen LogP contribution is 2.62. The second-order valence-corrected chi connectivity index (χ2v) is 14.1. The van der Waals surface area contributed by atoms with E-state index in [-0.39, 0.29) is 6.42 Å². The van der Waals surface area contributed by atoms with Crippen LogP contribution in [0.4, 0.5) is 0 Å². The fraction of sp³-hybridized carbons (Fsp3) is 1.00. The Morgan fingerprint density at radius 2 is 1.76 bits per heavy atom. The van der Waals surface area contributed by atoms with E-state index in [4.69, 9.17) is 16.2 Å². The number of hydrogen-bond acceptors (Lipinski definition) is 3. The lowest BCUT2D eigenvalue weighted by Gasteiger charge is -2.59. The molecule has 9 heteroatoms. The lowest BCUT2D eigenvalue weighted by molar-refractivity contribution is -0.120. The molecule has 0 aliphatic heterocycles. The van der Waals surface area contributed by atoms with E-state index in [1.165, 1.54) is 0 Å². The van der Waals surface area contributed by atoms with Gasteiger partial charge in [-0.25, -0.2) is 0 Å². The molecule has 0 heterocycles. The zero-order valence-electron chi connectivity index (χ0n) is 8.99. The molecule has 1 rings (SSSR count). The molecule has 0 saturated heterocycles. The molecule has 3 unspecified atom stereocenters. The summed E-state index contributed by atoms with van der Waals surface area (Å²) in [5.74, 6) is -0.717. The van der Waals surface area contributed by atoms with Crippen molar-refractivity contribution in [2.45, 2.75) is 32.7 Å². The first-order chi connectivity index (χ1) is 7.24. The fourth-order valence-electron chi connectivity index (χ4n) is 2.27. The van der Waals surface area contributed by atoms with Crippen LogP contribution in [0.5, 0.6) is 0 Å². The molecule has 1 saturated carbocycles. The van der Waals surface area contributed by atoms with Gasteiger partial charge in [-0.05, 0) is 11.8 Å². The molecular formula is C8H12Br3ClO4S. The van der Waals surface area contributed by atoms with Crippen molar-refractivity contribution in [3.05, 3.63) is 0 Å². The van der Waals surface area contributed by atoms with Gasteiger partial charge in [0.05, 0.1) is 5.38 Å². The number of halogens is 4. The molecule has 102 valence electrons. The third kappa shape index (κ3) is 2.73. The normalized spacial score (nSPS) is 37.6. The smallest absolute Gasteiger partial charge is 0.296 e. The number of aliphatic hydroxyl groups is 1. The van der Waals surface area contributed by atoms with Crippen molar-refractivity contribution in [2.24, 2.45) is 11.3 Å². The van der Waals surface area contributed by atoms with Gasteiger partial charge >= 0.3 is 0 Å². The standard InChI is InChI=1S/C8H12Br3ClO4S/c1-6(2)4(3-7(9,10)11)8(13,5(6)12)17(14,15)16/h4-5,13H,3H2,1-2H3,(H,14,15,16). The molecule has 17 heavy (non-hydrogen) atoms. The Balaban J connectivity index is 3.16. The highest BCUT2D eigenvalue weighted by Gasteiger charge is 2.72. The molecule has 2 N–H and O–H groups in total. The van der Waals surface area contributed by atoms with E-state index in [9.17, 15) is 13.5 Å². The van der Waals surface area contributed by atoms with Gasteiger partial charge in [0.2, 0.25) is 4.93 Å². The van der Waals surface area contributed by atoms with Gasteiger partial charge in [0.25, 0.3) is 10.1 Å². The van der Waals surface area contributed by atoms with Crippen LogP contribution >= 0.6 is 59.4 Å². The Kier molecular flexibility index (Phi) is 4.47. The quantitative estimate of drug-likeness (QED) is 0.472. The molecule has 0 bridgehead atoms. The molecule has 0 aromatic heterocycles. The minimum Gasteiger partial charge on any atom is -0.371 e. The summed E-state index contributed by atoms with van der Waals surface area (Å²) in [6.07, 6.45) is 0.222. The van der Waals surface area contributed by atoms with Crippen molar-refractivity contribution in [2.75, 3.05) is 0 Å². The van der Waals surface area contributed by atoms with Crippen molar-refractivity contribution in [3.63, 3.8) is 0 Å². The summed E-state index contributed by atoms with van der Waals surface area (Å²) in [5, 5.41) is 9.08. The molecular weight excluding hydrogens is 467 g/mol. The molecule has 0 radical (unpaired) electrons. The van der Waals surface area contributed by atoms with Crippen LogP contribution in [0.3, 0.4) is 0 Å². The minimum atomic E-state index is -4.65. The van der Waals surface area contributed by atoms with Crippen LogP contribution in [-0.4, -0.2) is 30.5 Å². The number of rotatable bonds is 2. The van der Waals surface area contributed by atoms with E-state index in [0.29, 0.717) is 0 Å². The topological polar surface area (TPSA) is 74.6 Å². The van der Waals surface area contributed by atoms with Crippen molar-refractivity contribution in [1.29, 1.82) is 0 Å². The third-order valence-electron chi connectivity index (χ3n) is 3.26. The Morgan fingerprint density at radius 1 is 1.35 bits per heavy atom. The zero-order valence-corrected chi connectivity index (χ0v) is 15.3. The van der Waals surface area contributed by atoms with E-state index in [1.807, 2.05) is 0 Å². The minimum absolute atomic E-state index is 0.222. The summed E-state index contributed by atoms with van der Waals surface area (Å²) in [6.45, 7) is 3.49. The maximum absolute atomic E-state index is 11.3. The second-order valence-electron chi connectivity index (χ2n) is 4.78. The number of alkyl halides is 4. The van der Waals surface area contributed by atoms with Crippen molar-refractivity contribution in [3.8, 4) is 0 Å². The molecule has 3 atom stereocenters. The second kappa shape index (κ2) is 4.56. The average molecular weight is 479 g/mol. The highest BCUT2D eigenvalue weighted by molar-refractivity contribution is 9.39. The predicted octanol–water partition coefficient (Wildman–Crippen LogP) is 3.05. The summed E-state index contributed by atoms with van der Waals surface area (Å²) in [4.78, 5) is -2.32. The molecule has 0 aromatic rings. The molecule has 0 spiro atoms. The van der Waals surface area contributed by atoms with E-state index >= 15 is 0 Å². The van der Waals surface area contributed by atoms with E-state index in [2.05, 4.69) is 47.8 Å². The van der Waals surface area contributed by atoms with Crippen LogP contribution in [0.1, 0.15) is 20.3 Å². The van der Waals surface area contributed by atoms with E-state index in [0.717, 1.165) is 0 Å². The van der Waals surface area contributed by atoms with E-state index in [1.54, 1.807) is 13.8 Å². The fourth-order valence-corrected chi connectivity index (χ4v) is 5.20. The van der Waals surface area contributed by atoms with Gasteiger partial charge in [-0.2, -0.15) is 8.42 Å². The third-order valence-corrected chi connectivity index (χ3v) is 6.60. The average Bonchev–Trinajstić information content (AvgIpc) is 2.08. The summed E-state index contributed by atoms with van der Waals surface area (Å²) in [5.41, 5.74) is -0.618. The van der Waals surface area contributed by atoms with Gasteiger partial charge in [-0.1, -0.05) is 61.6 Å². The Hall–Kier alpha value is 1.60. The Bertz CT molecular complexity index is 419.